The van der Waals surface area contributed by atoms with Crippen LogP contribution in [0, 0.1) is 5.82 Å². The normalized spacial score (nSPS) is 17.9. The third kappa shape index (κ3) is 2.06. The van der Waals surface area contributed by atoms with Crippen LogP contribution in [0.4, 0.5) is 4.39 Å². The van der Waals surface area contributed by atoms with E-state index in [1.54, 1.807) is 0 Å². The predicted molar refractivity (Wildman–Crippen MR) is 55.9 cm³/mol. The summed E-state index contributed by atoms with van der Waals surface area (Å²) >= 11 is 5.73. The summed E-state index contributed by atoms with van der Waals surface area (Å²) in [6, 6.07) is 3.20. The molecular weight excluding hydrogens is 257 g/mol. The predicted octanol–water partition coefficient (Wildman–Crippen LogP) is 1.81. The fourth-order valence-electron chi connectivity index (χ4n) is 1.40. The van der Waals surface area contributed by atoms with Crippen molar-refractivity contribution in [3.63, 3.8) is 0 Å². The number of hydrogen-bond acceptors (Lipinski definition) is 3. The highest BCUT2D eigenvalue weighted by molar-refractivity contribution is 7.89. The molecule has 1 aromatic carbocycles. The van der Waals surface area contributed by atoms with Gasteiger partial charge in [0.25, 0.3) is 10.0 Å². The van der Waals surface area contributed by atoms with Crippen molar-refractivity contribution in [3.05, 3.63) is 29.0 Å². The maximum Gasteiger partial charge on any atom is 0.266 e. The van der Waals surface area contributed by atoms with Crippen LogP contribution in [0.3, 0.4) is 0 Å². The molecule has 0 N–H and O–H groups in total. The summed E-state index contributed by atoms with van der Waals surface area (Å²) < 4.78 is 37.7. The number of halogens is 2. The van der Waals surface area contributed by atoms with Crippen LogP contribution in [0.2, 0.25) is 5.02 Å². The molecular formula is C9H9ClFNO3S. The Kier molecular flexibility index (Phi) is 3.16. The van der Waals surface area contributed by atoms with Crippen LogP contribution in [0.5, 0.6) is 0 Å². The topological polar surface area (TPSA) is 46.6 Å². The Morgan fingerprint density at radius 1 is 1.44 bits per heavy atom. The Bertz CT molecular complexity index is 499. The second-order valence-electron chi connectivity index (χ2n) is 3.29. The number of sulfonamides is 1. The smallest absolute Gasteiger partial charge is 0.266 e. The van der Waals surface area contributed by atoms with E-state index >= 15 is 0 Å². The fourth-order valence-corrected chi connectivity index (χ4v) is 3.19. The Hall–Kier alpha value is -0.690. The Labute approximate surface area is 97.6 Å². The molecule has 7 heteroatoms. The van der Waals surface area contributed by atoms with Crippen molar-refractivity contribution >= 4 is 21.6 Å². The second kappa shape index (κ2) is 4.29. The highest BCUT2D eigenvalue weighted by atomic mass is 35.5. The van der Waals surface area contributed by atoms with Gasteiger partial charge in [0.2, 0.25) is 0 Å². The first-order chi connectivity index (χ1) is 7.51. The minimum Gasteiger partial charge on any atom is -0.284 e. The van der Waals surface area contributed by atoms with Gasteiger partial charge in [-0.1, -0.05) is 16.1 Å². The molecule has 16 heavy (non-hydrogen) atoms. The van der Waals surface area contributed by atoms with Gasteiger partial charge in [0.15, 0.2) is 0 Å². The zero-order valence-electron chi connectivity index (χ0n) is 8.19. The molecule has 0 unspecified atom stereocenters. The summed E-state index contributed by atoms with van der Waals surface area (Å²) in [5.74, 6) is -0.651. The number of nitrogens with zero attached hydrogens (tertiary/aromatic N) is 1. The van der Waals surface area contributed by atoms with Crippen LogP contribution in [0.1, 0.15) is 6.42 Å². The maximum atomic E-state index is 13.0. The van der Waals surface area contributed by atoms with Crippen LogP contribution < -0.4 is 0 Å². The molecule has 1 aliphatic rings. The number of rotatable bonds is 2. The van der Waals surface area contributed by atoms with Gasteiger partial charge in [-0.05, 0) is 24.6 Å². The lowest BCUT2D eigenvalue weighted by Crippen LogP contribution is -2.27. The van der Waals surface area contributed by atoms with Crippen molar-refractivity contribution in [1.82, 2.24) is 4.47 Å². The lowest BCUT2D eigenvalue weighted by atomic mass is 10.3. The monoisotopic (exact) mass is 265 g/mol. The zero-order valence-corrected chi connectivity index (χ0v) is 9.76. The number of hydrogen-bond donors (Lipinski definition) is 0. The van der Waals surface area contributed by atoms with Gasteiger partial charge in [-0.2, -0.15) is 0 Å². The van der Waals surface area contributed by atoms with Crippen molar-refractivity contribution in [2.45, 2.75) is 11.3 Å². The Morgan fingerprint density at radius 3 is 2.81 bits per heavy atom. The average molecular weight is 266 g/mol. The standard InChI is InChI=1S/C9H9ClFNO3S/c10-8-3-2-7(11)6-9(8)16(13,14)12-4-1-5-15-12/h2-3,6H,1,4-5H2. The molecule has 0 spiro atoms. The highest BCUT2D eigenvalue weighted by Crippen LogP contribution is 2.27. The van der Waals surface area contributed by atoms with Gasteiger partial charge in [-0.25, -0.2) is 12.8 Å². The van der Waals surface area contributed by atoms with E-state index < -0.39 is 15.8 Å². The molecule has 1 saturated heterocycles. The molecule has 0 bridgehead atoms. The molecule has 1 fully saturated rings. The lowest BCUT2D eigenvalue weighted by molar-refractivity contribution is -0.0284. The first-order valence-corrected chi connectivity index (χ1v) is 6.44. The summed E-state index contributed by atoms with van der Waals surface area (Å²) in [5.41, 5.74) is 0. The summed E-state index contributed by atoms with van der Waals surface area (Å²) in [4.78, 5) is 4.66. The Balaban J connectivity index is 2.46. The first-order valence-electron chi connectivity index (χ1n) is 4.62. The first kappa shape index (κ1) is 11.8. The largest absolute Gasteiger partial charge is 0.284 e. The van der Waals surface area contributed by atoms with Gasteiger partial charge in [0.05, 0.1) is 11.6 Å². The molecule has 88 valence electrons. The highest BCUT2D eigenvalue weighted by Gasteiger charge is 2.30. The lowest BCUT2D eigenvalue weighted by Gasteiger charge is -2.15. The van der Waals surface area contributed by atoms with Crippen LogP contribution in [0.15, 0.2) is 23.1 Å². The minimum absolute atomic E-state index is 0.0168. The maximum absolute atomic E-state index is 13.0. The Morgan fingerprint density at radius 2 is 2.19 bits per heavy atom. The van der Waals surface area contributed by atoms with Gasteiger partial charge in [-0.3, -0.25) is 4.84 Å². The molecule has 0 atom stereocenters. The van der Waals surface area contributed by atoms with Crippen LogP contribution in [0.25, 0.3) is 0 Å². The van der Waals surface area contributed by atoms with Crippen molar-refractivity contribution < 1.29 is 17.6 Å². The van der Waals surface area contributed by atoms with E-state index in [9.17, 15) is 12.8 Å². The van der Waals surface area contributed by atoms with Crippen molar-refractivity contribution in [3.8, 4) is 0 Å². The number of hydroxylamine groups is 1. The van der Waals surface area contributed by atoms with E-state index in [0.29, 0.717) is 13.0 Å². The quantitative estimate of drug-likeness (QED) is 0.819. The molecule has 0 aliphatic carbocycles. The van der Waals surface area contributed by atoms with Crippen molar-refractivity contribution in [1.29, 1.82) is 0 Å². The van der Waals surface area contributed by atoms with Crippen molar-refractivity contribution in [2.24, 2.45) is 0 Å². The van der Waals surface area contributed by atoms with Crippen LogP contribution in [-0.2, 0) is 14.9 Å². The molecule has 2 rings (SSSR count). The third-order valence-corrected chi connectivity index (χ3v) is 4.32. The van der Waals surface area contributed by atoms with Crippen LogP contribution in [-0.4, -0.2) is 26.0 Å². The van der Waals surface area contributed by atoms with Gasteiger partial charge in [0, 0.05) is 6.54 Å². The van der Waals surface area contributed by atoms with Gasteiger partial charge < -0.3 is 0 Å². The van der Waals surface area contributed by atoms with E-state index in [1.807, 2.05) is 0 Å². The second-order valence-corrected chi connectivity index (χ2v) is 5.50. The van der Waals surface area contributed by atoms with Gasteiger partial charge in [-0.15, -0.1) is 0 Å². The molecule has 1 heterocycles. The molecule has 0 amide bonds. The molecule has 4 nitrogen and oxygen atoms in total. The van der Waals surface area contributed by atoms with E-state index in [1.165, 1.54) is 6.07 Å². The minimum atomic E-state index is -3.85. The van der Waals surface area contributed by atoms with E-state index in [0.717, 1.165) is 16.6 Å². The zero-order chi connectivity index (χ0) is 11.8. The molecule has 1 aliphatic heterocycles. The molecule has 0 saturated carbocycles. The van der Waals surface area contributed by atoms with E-state index in [2.05, 4.69) is 0 Å². The summed E-state index contributed by atoms with van der Waals surface area (Å²) in [7, 11) is -3.85. The summed E-state index contributed by atoms with van der Waals surface area (Å²) in [6.45, 7) is 0.599. The summed E-state index contributed by atoms with van der Waals surface area (Å²) in [5, 5.41) is -0.0168. The van der Waals surface area contributed by atoms with E-state index in [4.69, 9.17) is 16.4 Å². The molecule has 0 radical (unpaired) electrons. The van der Waals surface area contributed by atoms with Crippen molar-refractivity contribution in [2.75, 3.05) is 13.2 Å². The summed E-state index contributed by atoms with van der Waals surface area (Å²) in [6.07, 6.45) is 0.617. The fraction of sp³-hybridized carbons (Fsp3) is 0.333. The van der Waals surface area contributed by atoms with Crippen LogP contribution >= 0.6 is 11.6 Å². The van der Waals surface area contributed by atoms with E-state index in [-0.39, 0.29) is 16.5 Å². The molecule has 1 aromatic rings. The number of benzene rings is 1. The van der Waals surface area contributed by atoms with Gasteiger partial charge in [0.1, 0.15) is 10.7 Å². The third-order valence-electron chi connectivity index (χ3n) is 2.16. The van der Waals surface area contributed by atoms with Gasteiger partial charge >= 0.3 is 0 Å². The average Bonchev–Trinajstić information content (AvgIpc) is 2.75. The molecule has 0 aromatic heterocycles. The SMILES string of the molecule is O=S(=O)(c1cc(F)ccc1Cl)N1CCCO1.